The van der Waals surface area contributed by atoms with Gasteiger partial charge in [-0.05, 0) is 51.4 Å². The second-order valence-corrected chi connectivity index (χ2v) is 7.31. The molecule has 0 radical (unpaired) electrons. The second kappa shape index (κ2) is 7.13. The highest BCUT2D eigenvalue weighted by Gasteiger charge is 2.42. The fraction of sp³-hybridized carbons (Fsp3) is 0.944. The summed E-state index contributed by atoms with van der Waals surface area (Å²) in [5.74, 6) is 0.406. The maximum atomic E-state index is 12.7. The van der Waals surface area contributed by atoms with E-state index in [-0.39, 0.29) is 5.54 Å². The highest BCUT2D eigenvalue weighted by Crippen LogP contribution is 2.41. The molecule has 1 amide bonds. The molecular weight excluding hydrogens is 262 g/mol. The first-order valence-electron chi connectivity index (χ1n) is 9.22. The van der Waals surface area contributed by atoms with Crippen molar-refractivity contribution in [1.29, 1.82) is 0 Å². The van der Waals surface area contributed by atoms with E-state index in [2.05, 4.69) is 4.90 Å². The van der Waals surface area contributed by atoms with E-state index in [1.54, 1.807) is 0 Å². The van der Waals surface area contributed by atoms with E-state index < -0.39 is 0 Å². The molecule has 1 saturated carbocycles. The van der Waals surface area contributed by atoms with E-state index in [0.717, 1.165) is 26.0 Å². The van der Waals surface area contributed by atoms with Crippen LogP contribution in [0.4, 0.5) is 0 Å². The quantitative estimate of drug-likeness (QED) is 0.785. The Kier molecular flexibility index (Phi) is 5.20. The molecular formula is C18H31NO2. The Morgan fingerprint density at radius 1 is 1.00 bits per heavy atom. The van der Waals surface area contributed by atoms with E-state index >= 15 is 0 Å². The number of hydrogen-bond acceptors (Lipinski definition) is 2. The van der Waals surface area contributed by atoms with Crippen LogP contribution in [0.3, 0.4) is 0 Å². The van der Waals surface area contributed by atoms with Crippen LogP contribution < -0.4 is 0 Å². The van der Waals surface area contributed by atoms with Gasteiger partial charge in [-0.3, -0.25) is 4.79 Å². The van der Waals surface area contributed by atoms with Crippen molar-refractivity contribution in [2.75, 3.05) is 13.2 Å². The minimum atomic E-state index is 0.237. The summed E-state index contributed by atoms with van der Waals surface area (Å²) in [6.07, 6.45) is 15.9. The number of nitrogens with zero attached hydrogens (tertiary/aromatic N) is 1. The Morgan fingerprint density at radius 3 is 2.48 bits per heavy atom. The summed E-state index contributed by atoms with van der Waals surface area (Å²) in [6.45, 7) is 1.90. The van der Waals surface area contributed by atoms with Crippen LogP contribution in [0, 0.1) is 0 Å². The largest absolute Gasteiger partial charge is 0.378 e. The molecule has 1 unspecified atom stereocenters. The van der Waals surface area contributed by atoms with Crippen molar-refractivity contribution in [1.82, 2.24) is 4.90 Å². The van der Waals surface area contributed by atoms with Crippen LogP contribution in [-0.4, -0.2) is 35.6 Å². The van der Waals surface area contributed by atoms with Gasteiger partial charge in [0.15, 0.2) is 0 Å². The van der Waals surface area contributed by atoms with Crippen molar-refractivity contribution in [3.05, 3.63) is 0 Å². The molecule has 1 atom stereocenters. The van der Waals surface area contributed by atoms with Gasteiger partial charge < -0.3 is 9.64 Å². The van der Waals surface area contributed by atoms with Crippen LogP contribution in [0.2, 0.25) is 0 Å². The predicted molar refractivity (Wildman–Crippen MR) is 84.2 cm³/mol. The van der Waals surface area contributed by atoms with Gasteiger partial charge in [0.05, 0.1) is 6.10 Å². The number of rotatable bonds is 3. The van der Waals surface area contributed by atoms with Crippen molar-refractivity contribution in [2.45, 2.75) is 95.1 Å². The maximum Gasteiger partial charge on any atom is 0.223 e. The van der Waals surface area contributed by atoms with E-state index in [9.17, 15) is 4.79 Å². The Balaban J connectivity index is 1.54. The molecule has 1 aliphatic carbocycles. The van der Waals surface area contributed by atoms with Crippen molar-refractivity contribution < 1.29 is 9.53 Å². The third-order valence-corrected chi connectivity index (χ3v) is 5.89. The summed E-state index contributed by atoms with van der Waals surface area (Å²) in [7, 11) is 0. The molecule has 0 aromatic carbocycles. The van der Waals surface area contributed by atoms with Crippen molar-refractivity contribution in [3.63, 3.8) is 0 Å². The van der Waals surface area contributed by atoms with Gasteiger partial charge in [0.25, 0.3) is 0 Å². The molecule has 2 heterocycles. The lowest BCUT2D eigenvalue weighted by Gasteiger charge is -2.38. The molecule has 3 aliphatic rings. The first-order valence-corrected chi connectivity index (χ1v) is 9.22. The minimum absolute atomic E-state index is 0.237. The van der Waals surface area contributed by atoms with Gasteiger partial charge in [-0.15, -0.1) is 0 Å². The highest BCUT2D eigenvalue weighted by molar-refractivity contribution is 5.77. The number of carbonyl (C=O) groups excluding carboxylic acids is 1. The lowest BCUT2D eigenvalue weighted by molar-refractivity contribution is -0.137. The van der Waals surface area contributed by atoms with Crippen LogP contribution in [0.25, 0.3) is 0 Å². The summed E-state index contributed by atoms with van der Waals surface area (Å²) in [6, 6.07) is 0. The molecule has 3 heteroatoms. The third kappa shape index (κ3) is 3.61. The average molecular weight is 293 g/mol. The molecule has 3 rings (SSSR count). The SMILES string of the molecule is O=C(CCC1CCCCO1)N1CCCC12CCCCCC2. The monoisotopic (exact) mass is 293 g/mol. The van der Waals surface area contributed by atoms with Crippen LogP contribution >= 0.6 is 0 Å². The standard InChI is InChI=1S/C18H31NO2/c20-17(10-9-16-8-3-6-15-21-16)19-14-7-13-18(19)11-4-1-2-5-12-18/h16H,1-15H2. The molecule has 3 fully saturated rings. The minimum Gasteiger partial charge on any atom is -0.378 e. The second-order valence-electron chi connectivity index (χ2n) is 7.31. The molecule has 0 aromatic heterocycles. The van der Waals surface area contributed by atoms with Crippen LogP contribution in [-0.2, 0) is 9.53 Å². The molecule has 2 saturated heterocycles. The summed E-state index contributed by atoms with van der Waals surface area (Å²) >= 11 is 0. The van der Waals surface area contributed by atoms with E-state index in [1.807, 2.05) is 0 Å². The van der Waals surface area contributed by atoms with Crippen molar-refractivity contribution in [3.8, 4) is 0 Å². The normalized spacial score (nSPS) is 29.5. The molecule has 120 valence electrons. The number of amides is 1. The molecule has 0 bridgehead atoms. The van der Waals surface area contributed by atoms with Gasteiger partial charge in [-0.2, -0.15) is 0 Å². The van der Waals surface area contributed by atoms with Gasteiger partial charge in [-0.1, -0.05) is 25.7 Å². The maximum absolute atomic E-state index is 12.7. The van der Waals surface area contributed by atoms with Gasteiger partial charge in [0.2, 0.25) is 5.91 Å². The first kappa shape index (κ1) is 15.3. The number of likely N-dealkylation sites (tertiary alicyclic amines) is 1. The molecule has 21 heavy (non-hydrogen) atoms. The third-order valence-electron chi connectivity index (χ3n) is 5.89. The van der Waals surface area contributed by atoms with Gasteiger partial charge in [0.1, 0.15) is 0 Å². The van der Waals surface area contributed by atoms with E-state index in [4.69, 9.17) is 4.74 Å². The zero-order valence-electron chi connectivity index (χ0n) is 13.4. The van der Waals surface area contributed by atoms with Crippen LogP contribution in [0.15, 0.2) is 0 Å². The van der Waals surface area contributed by atoms with E-state index in [0.29, 0.717) is 18.4 Å². The van der Waals surface area contributed by atoms with E-state index in [1.165, 1.54) is 64.2 Å². The van der Waals surface area contributed by atoms with Crippen LogP contribution in [0.1, 0.15) is 83.5 Å². The van der Waals surface area contributed by atoms with Gasteiger partial charge >= 0.3 is 0 Å². The van der Waals surface area contributed by atoms with Gasteiger partial charge in [0, 0.05) is 25.1 Å². The van der Waals surface area contributed by atoms with Crippen molar-refractivity contribution >= 4 is 5.91 Å². The highest BCUT2D eigenvalue weighted by atomic mass is 16.5. The Labute approximate surface area is 129 Å². The number of carbonyl (C=O) groups is 1. The molecule has 0 N–H and O–H groups in total. The molecule has 1 spiro atoms. The topological polar surface area (TPSA) is 29.5 Å². The lowest BCUT2D eigenvalue weighted by Crippen LogP contribution is -2.47. The number of ether oxygens (including phenoxy) is 1. The van der Waals surface area contributed by atoms with Gasteiger partial charge in [-0.25, -0.2) is 0 Å². The smallest absolute Gasteiger partial charge is 0.223 e. The Morgan fingerprint density at radius 2 is 1.76 bits per heavy atom. The fourth-order valence-electron chi connectivity index (χ4n) is 4.69. The molecule has 2 aliphatic heterocycles. The van der Waals surface area contributed by atoms with Crippen molar-refractivity contribution in [2.24, 2.45) is 0 Å². The molecule has 0 aromatic rings. The summed E-state index contributed by atoms with van der Waals surface area (Å²) in [5, 5.41) is 0. The average Bonchev–Trinajstić information content (AvgIpc) is 2.78. The summed E-state index contributed by atoms with van der Waals surface area (Å²) < 4.78 is 5.78. The Hall–Kier alpha value is -0.570. The summed E-state index contributed by atoms with van der Waals surface area (Å²) in [4.78, 5) is 15.0. The fourth-order valence-corrected chi connectivity index (χ4v) is 4.69. The zero-order chi connectivity index (χ0) is 14.5. The number of hydrogen-bond donors (Lipinski definition) is 0. The molecule has 3 nitrogen and oxygen atoms in total. The zero-order valence-corrected chi connectivity index (χ0v) is 13.4. The lowest BCUT2D eigenvalue weighted by atomic mass is 9.87. The first-order chi connectivity index (χ1) is 10.3. The predicted octanol–water partition coefficient (Wildman–Crippen LogP) is 4.05. The summed E-state index contributed by atoms with van der Waals surface area (Å²) in [5.41, 5.74) is 0.237. The van der Waals surface area contributed by atoms with Crippen LogP contribution in [0.5, 0.6) is 0 Å². The Bertz CT molecular complexity index is 341.